The maximum Gasteiger partial charge on any atom is 0.0991 e. The zero-order valence-electron chi connectivity index (χ0n) is 19.0. The number of likely N-dealkylation sites (tertiary alicyclic amines) is 1. The molecule has 1 aromatic carbocycles. The van der Waals surface area contributed by atoms with Crippen LogP contribution in [0.2, 0.25) is 0 Å². The van der Waals surface area contributed by atoms with Crippen molar-refractivity contribution in [3.05, 3.63) is 83.2 Å². The summed E-state index contributed by atoms with van der Waals surface area (Å²) in [6.07, 6.45) is 7.03. The molecule has 32 heavy (non-hydrogen) atoms. The van der Waals surface area contributed by atoms with E-state index in [2.05, 4.69) is 45.6 Å². The second-order valence-corrected chi connectivity index (χ2v) is 8.98. The van der Waals surface area contributed by atoms with E-state index < -0.39 is 0 Å². The Morgan fingerprint density at radius 3 is 2.56 bits per heavy atom. The number of hydrogen-bond donors (Lipinski definition) is 0. The average Bonchev–Trinajstić information content (AvgIpc) is 3.22. The van der Waals surface area contributed by atoms with Gasteiger partial charge in [0.15, 0.2) is 0 Å². The lowest BCUT2D eigenvalue weighted by Gasteiger charge is -2.41. The first-order valence-electron chi connectivity index (χ1n) is 11.2. The van der Waals surface area contributed by atoms with Gasteiger partial charge in [0, 0.05) is 43.2 Å². The third-order valence-electron chi connectivity index (χ3n) is 6.49. The van der Waals surface area contributed by atoms with E-state index in [-0.39, 0.29) is 5.41 Å². The minimum atomic E-state index is 0.148. The third kappa shape index (κ3) is 5.42. The normalized spacial score (nSPS) is 16.0. The fourth-order valence-electron chi connectivity index (χ4n) is 4.68. The number of benzene rings is 1. The zero-order valence-corrected chi connectivity index (χ0v) is 19.0. The maximum absolute atomic E-state index is 8.99. The van der Waals surface area contributed by atoms with E-state index in [1.54, 1.807) is 7.11 Å². The van der Waals surface area contributed by atoms with Gasteiger partial charge in [0.05, 0.1) is 30.3 Å². The second-order valence-electron chi connectivity index (χ2n) is 8.98. The molecule has 3 aromatic rings. The summed E-state index contributed by atoms with van der Waals surface area (Å²) in [4.78, 5) is 11.7. The molecule has 2 aromatic heterocycles. The first kappa shape index (κ1) is 22.2. The summed E-state index contributed by atoms with van der Waals surface area (Å²) in [5.74, 6) is 0. The Balaban J connectivity index is 1.38. The van der Waals surface area contributed by atoms with E-state index >= 15 is 0 Å². The van der Waals surface area contributed by atoms with Gasteiger partial charge in [0.1, 0.15) is 0 Å². The van der Waals surface area contributed by atoms with Crippen LogP contribution in [0.25, 0.3) is 0 Å². The zero-order chi connectivity index (χ0) is 22.4. The SMILES string of the molecule is COCC1(Cc2cccc(C)n2)CCN(Cc2cncn2Cc2ccc(C#N)cc2)CC1. The number of ether oxygens (including phenoxy) is 1. The number of methoxy groups -OCH3 is 1. The molecule has 1 aliphatic rings. The minimum Gasteiger partial charge on any atom is -0.384 e. The van der Waals surface area contributed by atoms with Crippen LogP contribution in [0.3, 0.4) is 0 Å². The van der Waals surface area contributed by atoms with E-state index in [1.807, 2.05) is 36.8 Å². The second kappa shape index (κ2) is 10.1. The van der Waals surface area contributed by atoms with Crippen LogP contribution in [0.4, 0.5) is 0 Å². The van der Waals surface area contributed by atoms with Gasteiger partial charge >= 0.3 is 0 Å². The van der Waals surface area contributed by atoms with Crippen molar-refractivity contribution >= 4 is 0 Å². The number of rotatable bonds is 8. The van der Waals surface area contributed by atoms with Crippen molar-refractivity contribution in [3.63, 3.8) is 0 Å². The molecule has 6 heteroatoms. The molecule has 166 valence electrons. The number of nitriles is 1. The first-order chi connectivity index (χ1) is 15.6. The van der Waals surface area contributed by atoms with Crippen LogP contribution in [0, 0.1) is 23.7 Å². The van der Waals surface area contributed by atoms with E-state index in [9.17, 15) is 0 Å². The van der Waals surface area contributed by atoms with Gasteiger partial charge in [-0.1, -0.05) is 18.2 Å². The van der Waals surface area contributed by atoms with Crippen LogP contribution >= 0.6 is 0 Å². The summed E-state index contributed by atoms with van der Waals surface area (Å²) in [5, 5.41) is 8.99. The van der Waals surface area contributed by atoms with Crippen molar-refractivity contribution < 1.29 is 4.74 Å². The van der Waals surface area contributed by atoms with Crippen molar-refractivity contribution in [2.45, 2.75) is 39.3 Å². The summed E-state index contributed by atoms with van der Waals surface area (Å²) in [7, 11) is 1.81. The number of aromatic nitrogens is 3. The van der Waals surface area contributed by atoms with Gasteiger partial charge in [0.2, 0.25) is 0 Å². The summed E-state index contributed by atoms with van der Waals surface area (Å²) < 4.78 is 7.85. The smallest absolute Gasteiger partial charge is 0.0991 e. The number of piperidine rings is 1. The largest absolute Gasteiger partial charge is 0.384 e. The first-order valence-corrected chi connectivity index (χ1v) is 11.2. The Hall–Kier alpha value is -3.01. The van der Waals surface area contributed by atoms with Crippen LogP contribution in [0.15, 0.2) is 55.0 Å². The Morgan fingerprint density at radius 1 is 1.09 bits per heavy atom. The highest BCUT2D eigenvalue weighted by Gasteiger charge is 2.35. The van der Waals surface area contributed by atoms with Crippen LogP contribution in [-0.2, 0) is 24.2 Å². The number of nitrogens with zero attached hydrogens (tertiary/aromatic N) is 5. The molecule has 1 fully saturated rings. The quantitative estimate of drug-likeness (QED) is 0.542. The van der Waals surface area contributed by atoms with Gasteiger partial charge in [-0.05, 0) is 69.1 Å². The predicted molar refractivity (Wildman–Crippen MR) is 124 cm³/mol. The van der Waals surface area contributed by atoms with E-state index in [0.717, 1.165) is 63.4 Å². The summed E-state index contributed by atoms with van der Waals surface area (Å²) in [6, 6.07) is 16.2. The number of imidazole rings is 1. The minimum absolute atomic E-state index is 0.148. The highest BCUT2D eigenvalue weighted by molar-refractivity contribution is 5.31. The fraction of sp³-hybridized carbons (Fsp3) is 0.423. The average molecular weight is 430 g/mol. The third-order valence-corrected chi connectivity index (χ3v) is 6.49. The Bertz CT molecular complexity index is 1060. The molecule has 0 amide bonds. The molecule has 0 saturated carbocycles. The van der Waals surface area contributed by atoms with Gasteiger partial charge in [-0.15, -0.1) is 0 Å². The molecule has 0 bridgehead atoms. The monoisotopic (exact) mass is 429 g/mol. The predicted octanol–water partition coefficient (Wildman–Crippen LogP) is 3.98. The van der Waals surface area contributed by atoms with Crippen molar-refractivity contribution in [2.75, 3.05) is 26.8 Å². The van der Waals surface area contributed by atoms with Crippen LogP contribution in [0.1, 0.15) is 41.1 Å². The van der Waals surface area contributed by atoms with Crippen LogP contribution < -0.4 is 0 Å². The molecule has 0 spiro atoms. The summed E-state index contributed by atoms with van der Waals surface area (Å²) in [6.45, 7) is 6.56. The lowest BCUT2D eigenvalue weighted by atomic mass is 9.75. The summed E-state index contributed by atoms with van der Waals surface area (Å²) in [5.41, 5.74) is 5.46. The number of pyridine rings is 1. The molecule has 0 atom stereocenters. The lowest BCUT2D eigenvalue weighted by Crippen LogP contribution is -2.43. The molecule has 0 N–H and O–H groups in total. The molecular weight excluding hydrogens is 398 g/mol. The van der Waals surface area contributed by atoms with E-state index in [1.165, 1.54) is 11.3 Å². The molecule has 6 nitrogen and oxygen atoms in total. The topological polar surface area (TPSA) is 67.0 Å². The van der Waals surface area contributed by atoms with Crippen LogP contribution in [0.5, 0.6) is 0 Å². The van der Waals surface area contributed by atoms with Gasteiger partial charge in [-0.2, -0.15) is 5.26 Å². The standard InChI is InChI=1S/C26H31N5O/c1-21-4-3-5-24(29-21)14-26(19-32-2)10-12-30(13-11-26)18-25-16-28-20-31(25)17-23-8-6-22(15-27)7-9-23/h3-9,16,20H,10-14,17-19H2,1-2H3. The molecule has 0 aliphatic carbocycles. The van der Waals surface area contributed by atoms with Crippen molar-refractivity contribution in [1.82, 2.24) is 19.4 Å². The van der Waals surface area contributed by atoms with Crippen LogP contribution in [-0.4, -0.2) is 46.2 Å². The number of aryl methyl sites for hydroxylation is 1. The van der Waals surface area contributed by atoms with Gasteiger partial charge in [-0.25, -0.2) is 4.98 Å². The van der Waals surface area contributed by atoms with Crippen molar-refractivity contribution in [3.8, 4) is 6.07 Å². The van der Waals surface area contributed by atoms with E-state index in [0.29, 0.717) is 5.56 Å². The maximum atomic E-state index is 8.99. The molecule has 4 rings (SSSR count). The number of hydrogen-bond acceptors (Lipinski definition) is 5. The highest BCUT2D eigenvalue weighted by atomic mass is 16.5. The Morgan fingerprint density at radius 2 is 1.88 bits per heavy atom. The molecule has 3 heterocycles. The van der Waals surface area contributed by atoms with Gasteiger partial charge in [0.25, 0.3) is 0 Å². The summed E-state index contributed by atoms with van der Waals surface area (Å²) >= 11 is 0. The van der Waals surface area contributed by atoms with E-state index in [4.69, 9.17) is 15.0 Å². The Kier molecular flexibility index (Phi) is 6.99. The fourth-order valence-corrected chi connectivity index (χ4v) is 4.68. The van der Waals surface area contributed by atoms with Crippen molar-refractivity contribution in [1.29, 1.82) is 5.26 Å². The van der Waals surface area contributed by atoms with Gasteiger partial charge < -0.3 is 9.30 Å². The molecule has 0 unspecified atom stereocenters. The van der Waals surface area contributed by atoms with Gasteiger partial charge in [-0.3, -0.25) is 9.88 Å². The molecule has 0 radical (unpaired) electrons. The molecule has 1 aliphatic heterocycles. The molecular formula is C26H31N5O. The Labute approximate surface area is 190 Å². The highest BCUT2D eigenvalue weighted by Crippen LogP contribution is 2.35. The lowest BCUT2D eigenvalue weighted by molar-refractivity contribution is 0.0183. The van der Waals surface area contributed by atoms with Crippen molar-refractivity contribution in [2.24, 2.45) is 5.41 Å². The molecule has 1 saturated heterocycles.